The van der Waals surface area contributed by atoms with Gasteiger partial charge in [-0.05, 0) is 68.7 Å². The van der Waals surface area contributed by atoms with Gasteiger partial charge in [0, 0.05) is 17.4 Å². The smallest absolute Gasteiger partial charge is 0.270 e. The maximum atomic E-state index is 13.2. The van der Waals surface area contributed by atoms with Gasteiger partial charge in [-0.2, -0.15) is 0 Å². The van der Waals surface area contributed by atoms with Crippen molar-refractivity contribution in [3.8, 4) is 0 Å². The fourth-order valence-corrected chi connectivity index (χ4v) is 4.76. The van der Waals surface area contributed by atoms with Gasteiger partial charge in [-0.3, -0.25) is 19.8 Å². The van der Waals surface area contributed by atoms with Gasteiger partial charge in [-0.25, -0.2) is 0 Å². The van der Waals surface area contributed by atoms with Crippen LogP contribution in [0.2, 0.25) is 0 Å². The fraction of sp³-hybridized carbons (Fsp3) is 0.348. The van der Waals surface area contributed by atoms with Gasteiger partial charge >= 0.3 is 0 Å². The first kappa shape index (κ1) is 19.6. The number of nitrogens with zero attached hydrogens (tertiary/aromatic N) is 2. The van der Waals surface area contributed by atoms with E-state index in [4.69, 9.17) is 12.2 Å². The van der Waals surface area contributed by atoms with Gasteiger partial charge in [0.25, 0.3) is 11.8 Å². The SMILES string of the molecule is Cc1cc(/C=C2/C(=O)NC(=S)N(c3ccccc3)C2=O)c(C)n1C1CCCCC1. The van der Waals surface area contributed by atoms with Crippen molar-refractivity contribution in [1.29, 1.82) is 0 Å². The lowest BCUT2D eigenvalue weighted by Crippen LogP contribution is -2.54. The number of hydrogen-bond donors (Lipinski definition) is 1. The number of benzene rings is 1. The largest absolute Gasteiger partial charge is 0.346 e. The molecule has 1 saturated carbocycles. The van der Waals surface area contributed by atoms with Crippen LogP contribution in [-0.2, 0) is 9.59 Å². The summed E-state index contributed by atoms with van der Waals surface area (Å²) in [5, 5.41) is 2.76. The van der Waals surface area contributed by atoms with Gasteiger partial charge in [0.15, 0.2) is 5.11 Å². The molecule has 2 amide bonds. The second-order valence-electron chi connectivity index (χ2n) is 7.78. The Labute approximate surface area is 176 Å². The summed E-state index contributed by atoms with van der Waals surface area (Å²) >= 11 is 5.26. The molecule has 0 spiro atoms. The van der Waals surface area contributed by atoms with E-state index in [1.165, 1.54) is 42.7 Å². The number of rotatable bonds is 3. The molecule has 6 heteroatoms. The quantitative estimate of drug-likeness (QED) is 0.465. The Balaban J connectivity index is 1.71. The van der Waals surface area contributed by atoms with E-state index in [9.17, 15) is 9.59 Å². The first-order chi connectivity index (χ1) is 14.0. The second-order valence-corrected chi connectivity index (χ2v) is 8.17. The molecule has 2 aromatic rings. The molecule has 1 aromatic carbocycles. The summed E-state index contributed by atoms with van der Waals surface area (Å²) < 4.78 is 2.37. The number of carbonyl (C=O) groups excluding carboxylic acids is 2. The molecule has 150 valence electrons. The van der Waals surface area contributed by atoms with Crippen LogP contribution in [0.5, 0.6) is 0 Å². The Kier molecular flexibility index (Phi) is 5.37. The molecule has 0 radical (unpaired) electrons. The normalized spacial score (nSPS) is 19.7. The van der Waals surface area contributed by atoms with Crippen LogP contribution in [0.3, 0.4) is 0 Å². The number of aromatic nitrogens is 1. The molecular weight excluding hydrogens is 382 g/mol. The third kappa shape index (κ3) is 3.65. The molecule has 29 heavy (non-hydrogen) atoms. The minimum atomic E-state index is -0.449. The van der Waals surface area contributed by atoms with Crippen LogP contribution in [0.1, 0.15) is 55.1 Å². The monoisotopic (exact) mass is 407 g/mol. The van der Waals surface area contributed by atoms with E-state index in [1.807, 2.05) is 18.2 Å². The van der Waals surface area contributed by atoms with Crippen molar-refractivity contribution in [1.82, 2.24) is 9.88 Å². The highest BCUT2D eigenvalue weighted by Gasteiger charge is 2.34. The highest BCUT2D eigenvalue weighted by atomic mass is 32.1. The average Bonchev–Trinajstić information content (AvgIpc) is 2.99. The Hall–Kier alpha value is -2.73. The van der Waals surface area contributed by atoms with Crippen molar-refractivity contribution in [2.24, 2.45) is 0 Å². The highest BCUT2D eigenvalue weighted by Crippen LogP contribution is 2.33. The summed E-state index contributed by atoms with van der Waals surface area (Å²) in [4.78, 5) is 27.1. The molecule has 5 nitrogen and oxygen atoms in total. The zero-order valence-corrected chi connectivity index (χ0v) is 17.6. The Morgan fingerprint density at radius 2 is 1.76 bits per heavy atom. The maximum absolute atomic E-state index is 13.2. The number of anilines is 1. The van der Waals surface area contributed by atoms with E-state index in [2.05, 4.69) is 29.8 Å². The van der Waals surface area contributed by atoms with E-state index >= 15 is 0 Å². The summed E-state index contributed by atoms with van der Waals surface area (Å²) in [7, 11) is 0. The number of nitrogens with one attached hydrogen (secondary N) is 1. The summed E-state index contributed by atoms with van der Waals surface area (Å²) in [5.41, 5.74) is 3.92. The van der Waals surface area contributed by atoms with Gasteiger partial charge in [0.05, 0.1) is 5.69 Å². The molecule has 1 N–H and O–H groups in total. The Bertz CT molecular complexity index is 1000. The molecule has 1 aliphatic carbocycles. The zero-order valence-electron chi connectivity index (χ0n) is 16.8. The number of carbonyl (C=O) groups is 2. The van der Waals surface area contributed by atoms with Crippen LogP contribution < -0.4 is 10.2 Å². The predicted octanol–water partition coefficient (Wildman–Crippen LogP) is 4.44. The number of hydrogen-bond acceptors (Lipinski definition) is 3. The first-order valence-electron chi connectivity index (χ1n) is 10.1. The summed E-state index contributed by atoms with van der Waals surface area (Å²) in [6.45, 7) is 4.16. The second kappa shape index (κ2) is 7.95. The average molecular weight is 408 g/mol. The van der Waals surface area contributed by atoms with Crippen molar-refractivity contribution in [3.63, 3.8) is 0 Å². The van der Waals surface area contributed by atoms with Crippen LogP contribution in [0.4, 0.5) is 5.69 Å². The van der Waals surface area contributed by atoms with E-state index in [-0.39, 0.29) is 10.7 Å². The van der Waals surface area contributed by atoms with Gasteiger partial charge in [0.1, 0.15) is 5.57 Å². The molecule has 1 saturated heterocycles. The molecule has 0 unspecified atom stereocenters. The van der Waals surface area contributed by atoms with Crippen LogP contribution in [0.25, 0.3) is 6.08 Å². The van der Waals surface area contributed by atoms with Crippen molar-refractivity contribution < 1.29 is 9.59 Å². The summed E-state index contributed by atoms with van der Waals surface area (Å²) in [6.07, 6.45) is 7.88. The number of aryl methyl sites for hydroxylation is 1. The minimum Gasteiger partial charge on any atom is -0.346 e. The molecule has 4 rings (SSSR count). The molecule has 1 aliphatic heterocycles. The standard InChI is InChI=1S/C23H25N3O2S/c1-15-13-17(16(2)25(15)18-9-5-3-6-10-18)14-20-21(27)24-23(29)26(22(20)28)19-11-7-4-8-12-19/h4,7-8,11-14,18H,3,5-6,9-10H2,1-2H3,(H,24,27,29)/b20-14-. The Morgan fingerprint density at radius 1 is 1.07 bits per heavy atom. The van der Waals surface area contributed by atoms with Crippen LogP contribution in [-0.4, -0.2) is 21.5 Å². The topological polar surface area (TPSA) is 54.3 Å². The molecule has 2 fully saturated rings. The van der Waals surface area contributed by atoms with E-state index in [1.54, 1.807) is 18.2 Å². The van der Waals surface area contributed by atoms with Crippen molar-refractivity contribution in [2.45, 2.75) is 52.0 Å². The number of thiocarbonyl (C=S) groups is 1. The number of amides is 2. The van der Waals surface area contributed by atoms with E-state index in [0.29, 0.717) is 11.7 Å². The van der Waals surface area contributed by atoms with Gasteiger partial charge in [-0.15, -0.1) is 0 Å². The predicted molar refractivity (Wildman–Crippen MR) is 119 cm³/mol. The lowest BCUT2D eigenvalue weighted by Gasteiger charge is -2.29. The van der Waals surface area contributed by atoms with Crippen molar-refractivity contribution in [2.75, 3.05) is 4.90 Å². The third-order valence-electron chi connectivity index (χ3n) is 5.88. The van der Waals surface area contributed by atoms with E-state index < -0.39 is 11.8 Å². The maximum Gasteiger partial charge on any atom is 0.270 e. The molecular formula is C23H25N3O2S. The summed E-state index contributed by atoms with van der Waals surface area (Å²) in [6, 6.07) is 11.7. The summed E-state index contributed by atoms with van der Waals surface area (Å²) in [5.74, 6) is -0.845. The molecule has 0 atom stereocenters. The van der Waals surface area contributed by atoms with Crippen molar-refractivity contribution in [3.05, 3.63) is 58.9 Å². The lowest BCUT2D eigenvalue weighted by molar-refractivity contribution is -0.122. The fourth-order valence-electron chi connectivity index (χ4n) is 4.47. The minimum absolute atomic E-state index is 0.103. The molecule has 1 aromatic heterocycles. The third-order valence-corrected chi connectivity index (χ3v) is 6.16. The molecule has 2 aliphatic rings. The first-order valence-corrected chi connectivity index (χ1v) is 10.5. The van der Waals surface area contributed by atoms with E-state index in [0.717, 1.165) is 11.3 Å². The zero-order chi connectivity index (χ0) is 20.5. The van der Waals surface area contributed by atoms with Crippen molar-refractivity contribution >= 4 is 40.9 Å². The van der Waals surface area contributed by atoms with Gasteiger partial charge < -0.3 is 4.57 Å². The Morgan fingerprint density at radius 3 is 2.45 bits per heavy atom. The highest BCUT2D eigenvalue weighted by molar-refractivity contribution is 7.80. The van der Waals surface area contributed by atoms with Crippen LogP contribution >= 0.6 is 12.2 Å². The molecule has 2 heterocycles. The van der Waals surface area contributed by atoms with Gasteiger partial charge in [0.2, 0.25) is 0 Å². The molecule has 0 bridgehead atoms. The van der Waals surface area contributed by atoms with Gasteiger partial charge in [-0.1, -0.05) is 37.5 Å². The van der Waals surface area contributed by atoms with Crippen LogP contribution in [0, 0.1) is 13.8 Å². The lowest BCUT2D eigenvalue weighted by atomic mass is 9.95. The van der Waals surface area contributed by atoms with Crippen LogP contribution in [0.15, 0.2) is 42.0 Å². The number of para-hydroxylation sites is 1.